The van der Waals surface area contributed by atoms with Gasteiger partial charge in [-0.3, -0.25) is 19.0 Å². The zero-order valence-corrected chi connectivity index (χ0v) is 15.4. The lowest BCUT2D eigenvalue weighted by Gasteiger charge is -2.13. The van der Waals surface area contributed by atoms with Gasteiger partial charge in [0.1, 0.15) is 18.2 Å². The van der Waals surface area contributed by atoms with E-state index in [4.69, 9.17) is 9.47 Å². The van der Waals surface area contributed by atoms with Gasteiger partial charge in [0.15, 0.2) is 17.3 Å². The number of Topliss-reactive ketones (excluding diaryl/α,β-unsaturated/α-hetero) is 1. The van der Waals surface area contributed by atoms with Gasteiger partial charge in [-0.05, 0) is 25.8 Å². The Labute approximate surface area is 163 Å². The monoisotopic (exact) mass is 396 g/mol. The van der Waals surface area contributed by atoms with Crippen LogP contribution in [0.15, 0.2) is 27.9 Å². The normalized spacial score (nSPS) is 14.3. The van der Waals surface area contributed by atoms with Crippen molar-refractivity contribution in [3.8, 4) is 17.6 Å². The van der Waals surface area contributed by atoms with Crippen LogP contribution in [0, 0.1) is 11.3 Å². The Kier molecular flexibility index (Phi) is 4.43. The van der Waals surface area contributed by atoms with E-state index in [1.807, 2.05) is 0 Å². The number of carbonyl (C=O) groups excluding carboxylic acids is 2. The highest BCUT2D eigenvalue weighted by molar-refractivity contribution is 6.04. The smallest absolute Gasteiger partial charge is 0.331 e. The molecule has 2 heterocycles. The van der Waals surface area contributed by atoms with E-state index in [1.165, 1.54) is 29.8 Å². The summed E-state index contributed by atoms with van der Waals surface area (Å²) in [5.74, 6) is -0.246. The number of anilines is 1. The van der Waals surface area contributed by atoms with Crippen LogP contribution in [-0.4, -0.2) is 27.6 Å². The number of aromatic nitrogens is 2. The fourth-order valence-electron chi connectivity index (χ4n) is 3.12. The molecule has 4 rings (SSSR count). The van der Waals surface area contributed by atoms with Crippen LogP contribution in [0.4, 0.5) is 5.69 Å². The molecule has 0 spiro atoms. The zero-order valence-electron chi connectivity index (χ0n) is 15.4. The Bertz CT molecular complexity index is 1200. The molecule has 10 nitrogen and oxygen atoms in total. The van der Waals surface area contributed by atoms with E-state index in [1.54, 1.807) is 6.07 Å². The molecule has 0 unspecified atom stereocenters. The van der Waals surface area contributed by atoms with Gasteiger partial charge in [0.05, 0.1) is 5.69 Å². The van der Waals surface area contributed by atoms with Crippen molar-refractivity contribution in [2.24, 2.45) is 0 Å². The van der Waals surface area contributed by atoms with Crippen LogP contribution in [0.5, 0.6) is 11.5 Å². The molecule has 0 saturated heterocycles. The van der Waals surface area contributed by atoms with Crippen molar-refractivity contribution < 1.29 is 19.1 Å². The second-order valence-electron chi connectivity index (χ2n) is 6.82. The van der Waals surface area contributed by atoms with Crippen LogP contribution < -0.4 is 26.0 Å². The standard InChI is InChI=1S/C19H16N4O6/c1-10(24)13-4-15-16(29-9-28-15)5-14(13)21-17(25)8-23-18(26)11(6-20)7-22(19(23)27)12-2-3-12/h4-5,7,12H,2-3,8-9H2,1H3,(H,21,25). The van der Waals surface area contributed by atoms with Crippen LogP contribution in [0.1, 0.15) is 41.7 Å². The van der Waals surface area contributed by atoms with Crippen LogP contribution in [0.25, 0.3) is 0 Å². The first kappa shape index (κ1) is 18.5. The van der Waals surface area contributed by atoms with Crippen molar-refractivity contribution in [3.05, 3.63) is 50.3 Å². The number of ketones is 1. The summed E-state index contributed by atoms with van der Waals surface area (Å²) in [6.07, 6.45) is 2.78. The highest BCUT2D eigenvalue weighted by Crippen LogP contribution is 2.37. The van der Waals surface area contributed by atoms with Crippen molar-refractivity contribution >= 4 is 17.4 Å². The van der Waals surface area contributed by atoms with Gasteiger partial charge in [0.25, 0.3) is 5.56 Å². The van der Waals surface area contributed by atoms with Crippen molar-refractivity contribution in [2.75, 3.05) is 12.1 Å². The predicted molar refractivity (Wildman–Crippen MR) is 99.1 cm³/mol. The van der Waals surface area contributed by atoms with Gasteiger partial charge in [-0.15, -0.1) is 0 Å². The summed E-state index contributed by atoms with van der Waals surface area (Å²) < 4.78 is 12.5. The van der Waals surface area contributed by atoms with Crippen molar-refractivity contribution in [3.63, 3.8) is 0 Å². The number of amides is 1. The Balaban J connectivity index is 1.66. The number of nitrogens with zero attached hydrogens (tertiary/aromatic N) is 3. The van der Waals surface area contributed by atoms with E-state index in [-0.39, 0.29) is 35.4 Å². The zero-order chi connectivity index (χ0) is 20.7. The molecule has 10 heteroatoms. The van der Waals surface area contributed by atoms with Gasteiger partial charge in [-0.2, -0.15) is 5.26 Å². The summed E-state index contributed by atoms with van der Waals surface area (Å²) in [7, 11) is 0. The molecule has 1 saturated carbocycles. The van der Waals surface area contributed by atoms with Gasteiger partial charge < -0.3 is 14.8 Å². The molecule has 0 atom stereocenters. The van der Waals surface area contributed by atoms with E-state index in [0.29, 0.717) is 11.5 Å². The van der Waals surface area contributed by atoms with Crippen molar-refractivity contribution in [2.45, 2.75) is 32.4 Å². The third-order valence-corrected chi connectivity index (χ3v) is 4.72. The second-order valence-corrected chi connectivity index (χ2v) is 6.82. The minimum absolute atomic E-state index is 0.00112. The number of hydrogen-bond donors (Lipinski definition) is 1. The Hall–Kier alpha value is -3.87. The maximum Gasteiger partial charge on any atom is 0.331 e. The molecule has 1 aliphatic heterocycles. The number of fused-ring (bicyclic) bond motifs is 1. The Morgan fingerprint density at radius 1 is 1.24 bits per heavy atom. The summed E-state index contributed by atoms with van der Waals surface area (Å²) in [6.45, 7) is 0.745. The molecule has 29 heavy (non-hydrogen) atoms. The molecule has 148 valence electrons. The van der Waals surface area contributed by atoms with Gasteiger partial charge in [-0.1, -0.05) is 0 Å². The Morgan fingerprint density at radius 2 is 1.93 bits per heavy atom. The molecule has 1 aromatic carbocycles. The maximum atomic E-state index is 12.6. The number of ether oxygens (including phenoxy) is 2. The lowest BCUT2D eigenvalue weighted by atomic mass is 10.1. The molecule has 0 radical (unpaired) electrons. The van der Waals surface area contributed by atoms with E-state index in [2.05, 4.69) is 5.32 Å². The molecule has 1 N–H and O–H groups in total. The summed E-state index contributed by atoms with van der Waals surface area (Å²) in [6, 6.07) is 4.61. The third kappa shape index (κ3) is 3.38. The summed E-state index contributed by atoms with van der Waals surface area (Å²) in [4.78, 5) is 49.5. The fourth-order valence-corrected chi connectivity index (χ4v) is 3.12. The SMILES string of the molecule is CC(=O)c1cc2c(cc1NC(=O)Cn1c(=O)c(C#N)cn(C3CC3)c1=O)OCO2. The van der Waals surface area contributed by atoms with Crippen molar-refractivity contribution in [1.82, 2.24) is 9.13 Å². The minimum Gasteiger partial charge on any atom is -0.454 e. The van der Waals surface area contributed by atoms with E-state index in [0.717, 1.165) is 17.4 Å². The highest BCUT2D eigenvalue weighted by Gasteiger charge is 2.27. The lowest BCUT2D eigenvalue weighted by Crippen LogP contribution is -2.43. The maximum absolute atomic E-state index is 12.6. The topological polar surface area (TPSA) is 132 Å². The summed E-state index contributed by atoms with van der Waals surface area (Å²) >= 11 is 0. The number of benzene rings is 1. The predicted octanol–water partition coefficient (Wildman–Crippen LogP) is 0.787. The van der Waals surface area contributed by atoms with E-state index >= 15 is 0 Å². The van der Waals surface area contributed by atoms with E-state index < -0.39 is 23.7 Å². The Morgan fingerprint density at radius 3 is 2.55 bits per heavy atom. The number of hydrogen-bond acceptors (Lipinski definition) is 7. The molecule has 1 aromatic heterocycles. The molecule has 2 aliphatic rings. The number of carbonyl (C=O) groups is 2. The molecule has 1 fully saturated rings. The second kappa shape index (κ2) is 6.94. The molecule has 2 aromatic rings. The number of nitrogens with one attached hydrogen (secondary N) is 1. The fraction of sp³-hybridized carbons (Fsp3) is 0.316. The summed E-state index contributed by atoms with van der Waals surface area (Å²) in [5.41, 5.74) is -1.31. The highest BCUT2D eigenvalue weighted by atomic mass is 16.7. The lowest BCUT2D eigenvalue weighted by molar-refractivity contribution is -0.116. The number of rotatable bonds is 5. The molecular formula is C19H16N4O6. The largest absolute Gasteiger partial charge is 0.454 e. The van der Waals surface area contributed by atoms with Gasteiger partial charge in [0.2, 0.25) is 12.7 Å². The van der Waals surface area contributed by atoms with Crippen LogP contribution in [0.3, 0.4) is 0 Å². The van der Waals surface area contributed by atoms with Gasteiger partial charge in [0, 0.05) is 23.9 Å². The van der Waals surface area contributed by atoms with Crippen molar-refractivity contribution in [1.29, 1.82) is 5.26 Å². The van der Waals surface area contributed by atoms with Crippen LogP contribution in [-0.2, 0) is 11.3 Å². The van der Waals surface area contributed by atoms with E-state index in [9.17, 15) is 24.4 Å². The van der Waals surface area contributed by atoms with Crippen LogP contribution >= 0.6 is 0 Å². The van der Waals surface area contributed by atoms with Gasteiger partial charge >= 0.3 is 5.69 Å². The van der Waals surface area contributed by atoms with Crippen LogP contribution in [0.2, 0.25) is 0 Å². The quantitative estimate of drug-likeness (QED) is 0.739. The average molecular weight is 396 g/mol. The first-order valence-corrected chi connectivity index (χ1v) is 8.89. The first-order valence-electron chi connectivity index (χ1n) is 8.89. The summed E-state index contributed by atoms with van der Waals surface area (Å²) in [5, 5.41) is 11.7. The average Bonchev–Trinajstić information content (AvgIpc) is 3.42. The number of nitriles is 1. The first-order chi connectivity index (χ1) is 13.9. The molecular weight excluding hydrogens is 380 g/mol. The third-order valence-electron chi connectivity index (χ3n) is 4.72. The molecule has 1 aliphatic carbocycles. The molecule has 0 bridgehead atoms. The minimum atomic E-state index is -0.831. The van der Waals surface area contributed by atoms with Gasteiger partial charge in [-0.25, -0.2) is 9.36 Å². The molecule has 1 amide bonds.